The first kappa shape index (κ1) is 21.3. The molecule has 0 bridgehead atoms. The molecule has 0 aliphatic rings. The summed E-state index contributed by atoms with van der Waals surface area (Å²) in [5.74, 6) is 0.0775. The number of hydrogen-bond acceptors (Lipinski definition) is 4. The maximum absolute atomic E-state index is 12.8. The van der Waals surface area contributed by atoms with Crippen LogP contribution in [0, 0.1) is 0 Å². The lowest BCUT2D eigenvalue weighted by Gasteiger charge is -2.19. The highest BCUT2D eigenvalue weighted by molar-refractivity contribution is 6.33. The smallest absolute Gasteiger partial charge is 0.253 e. The predicted octanol–water partition coefficient (Wildman–Crippen LogP) is 5.49. The summed E-state index contributed by atoms with van der Waals surface area (Å²) < 4.78 is 5.28. The van der Waals surface area contributed by atoms with E-state index in [1.807, 2.05) is 42.5 Å². The summed E-state index contributed by atoms with van der Waals surface area (Å²) in [6.07, 6.45) is 3.05. The van der Waals surface area contributed by atoms with E-state index in [0.717, 1.165) is 11.1 Å². The lowest BCUT2D eigenvalue weighted by Crippen LogP contribution is -2.31. The average molecular weight is 446 g/mol. The molecule has 0 radical (unpaired) electrons. The molecule has 0 saturated carbocycles. The second kappa shape index (κ2) is 9.94. The van der Waals surface area contributed by atoms with E-state index in [1.165, 1.54) is 6.39 Å². The van der Waals surface area contributed by atoms with Crippen molar-refractivity contribution in [2.24, 2.45) is 0 Å². The number of halogens is 1. The van der Waals surface area contributed by atoms with Gasteiger partial charge in [-0.1, -0.05) is 54.1 Å². The fourth-order valence-corrected chi connectivity index (χ4v) is 3.51. The van der Waals surface area contributed by atoms with Crippen molar-refractivity contribution in [2.75, 3.05) is 5.32 Å². The normalized spacial score (nSPS) is 11.5. The van der Waals surface area contributed by atoms with Crippen molar-refractivity contribution in [1.82, 2.24) is 10.3 Å². The van der Waals surface area contributed by atoms with Crippen LogP contribution in [0.3, 0.4) is 0 Å². The van der Waals surface area contributed by atoms with Gasteiger partial charge in [0.2, 0.25) is 5.91 Å². The third-order valence-electron chi connectivity index (χ3n) is 4.90. The number of carbonyl (C=O) groups excluding carboxylic acids is 2. The lowest BCUT2D eigenvalue weighted by molar-refractivity contribution is -0.116. The van der Waals surface area contributed by atoms with E-state index in [0.29, 0.717) is 22.0 Å². The van der Waals surface area contributed by atoms with Crippen molar-refractivity contribution in [3.05, 3.63) is 108 Å². The van der Waals surface area contributed by atoms with Gasteiger partial charge in [0, 0.05) is 11.3 Å². The van der Waals surface area contributed by atoms with Crippen LogP contribution in [-0.2, 0) is 4.79 Å². The summed E-state index contributed by atoms with van der Waals surface area (Å²) >= 11 is 6.16. The molecule has 160 valence electrons. The molecule has 0 saturated heterocycles. The van der Waals surface area contributed by atoms with Crippen molar-refractivity contribution in [3.63, 3.8) is 0 Å². The Morgan fingerprint density at radius 1 is 0.938 bits per heavy atom. The second-order valence-corrected chi connectivity index (χ2v) is 7.52. The molecular weight excluding hydrogens is 426 g/mol. The fourth-order valence-electron chi connectivity index (χ4n) is 3.29. The molecule has 0 fully saturated rings. The molecule has 4 aromatic rings. The summed E-state index contributed by atoms with van der Waals surface area (Å²) in [4.78, 5) is 29.5. The molecule has 32 heavy (non-hydrogen) atoms. The Hall–Kier alpha value is -3.90. The summed E-state index contributed by atoms with van der Waals surface area (Å²) in [7, 11) is 0. The van der Waals surface area contributed by atoms with Crippen molar-refractivity contribution in [1.29, 1.82) is 0 Å². The average Bonchev–Trinajstić information content (AvgIpc) is 3.35. The second-order valence-electron chi connectivity index (χ2n) is 7.11. The van der Waals surface area contributed by atoms with Crippen LogP contribution in [0.4, 0.5) is 5.69 Å². The largest absolute Gasteiger partial charge is 0.444 e. The maximum atomic E-state index is 12.8. The van der Waals surface area contributed by atoms with Gasteiger partial charge in [-0.2, -0.15) is 0 Å². The molecule has 1 heterocycles. The summed E-state index contributed by atoms with van der Waals surface area (Å²) in [6.45, 7) is 0. The molecule has 2 amide bonds. The Morgan fingerprint density at radius 3 is 2.34 bits per heavy atom. The van der Waals surface area contributed by atoms with Gasteiger partial charge in [-0.15, -0.1) is 0 Å². The van der Waals surface area contributed by atoms with Crippen molar-refractivity contribution in [2.45, 2.75) is 12.5 Å². The molecule has 2 N–H and O–H groups in total. The lowest BCUT2D eigenvalue weighted by atomic mass is 10.0. The number of carbonyl (C=O) groups is 2. The zero-order chi connectivity index (χ0) is 22.3. The van der Waals surface area contributed by atoms with Crippen LogP contribution in [0.2, 0.25) is 5.02 Å². The number of hydrogen-bond donors (Lipinski definition) is 2. The van der Waals surface area contributed by atoms with Gasteiger partial charge in [0.15, 0.2) is 12.2 Å². The standard InChI is InChI=1S/C25H20ClN3O3/c26-21-9-5-4-8-20(21)25(31)29-22(17-6-2-1-3-7-17)14-24(30)28-19-12-10-18(11-13-19)23-15-27-16-32-23/h1-13,15-16,22H,14H2,(H,28,30)(H,29,31). The van der Waals surface area contributed by atoms with E-state index in [1.54, 1.807) is 42.6 Å². The third kappa shape index (κ3) is 5.22. The van der Waals surface area contributed by atoms with Gasteiger partial charge in [-0.05, 0) is 42.0 Å². The Balaban J connectivity index is 1.46. The summed E-state index contributed by atoms with van der Waals surface area (Å²) in [6, 6.07) is 22.9. The summed E-state index contributed by atoms with van der Waals surface area (Å²) in [5.41, 5.74) is 2.68. The number of nitrogens with one attached hydrogen (secondary N) is 2. The molecule has 7 heteroatoms. The van der Waals surface area contributed by atoms with Gasteiger partial charge in [0.1, 0.15) is 0 Å². The number of amides is 2. The minimum Gasteiger partial charge on any atom is -0.444 e. The van der Waals surface area contributed by atoms with E-state index in [2.05, 4.69) is 15.6 Å². The van der Waals surface area contributed by atoms with Crippen LogP contribution >= 0.6 is 11.6 Å². The van der Waals surface area contributed by atoms with Crippen molar-refractivity contribution >= 4 is 29.1 Å². The van der Waals surface area contributed by atoms with Crippen LogP contribution in [0.15, 0.2) is 95.9 Å². The van der Waals surface area contributed by atoms with Gasteiger partial charge >= 0.3 is 0 Å². The van der Waals surface area contributed by atoms with Gasteiger partial charge in [-0.25, -0.2) is 4.98 Å². The van der Waals surface area contributed by atoms with Crippen molar-refractivity contribution in [3.8, 4) is 11.3 Å². The molecule has 1 atom stereocenters. The highest BCUT2D eigenvalue weighted by Gasteiger charge is 2.20. The Labute approximate surface area is 190 Å². The minimum absolute atomic E-state index is 0.0596. The van der Waals surface area contributed by atoms with E-state index < -0.39 is 6.04 Å². The van der Waals surface area contributed by atoms with Crippen molar-refractivity contribution < 1.29 is 14.0 Å². The summed E-state index contributed by atoms with van der Waals surface area (Å²) in [5, 5.41) is 6.16. The predicted molar refractivity (Wildman–Crippen MR) is 123 cm³/mol. The van der Waals surface area contributed by atoms with Crippen LogP contribution < -0.4 is 10.6 Å². The zero-order valence-electron chi connectivity index (χ0n) is 17.0. The van der Waals surface area contributed by atoms with Gasteiger partial charge < -0.3 is 15.1 Å². The Morgan fingerprint density at radius 2 is 1.66 bits per heavy atom. The molecule has 0 aliphatic heterocycles. The molecule has 1 aromatic heterocycles. The third-order valence-corrected chi connectivity index (χ3v) is 5.23. The quantitative estimate of drug-likeness (QED) is 0.393. The van der Waals surface area contributed by atoms with E-state index in [-0.39, 0.29) is 18.2 Å². The first-order chi connectivity index (χ1) is 15.6. The highest BCUT2D eigenvalue weighted by Crippen LogP contribution is 2.23. The molecule has 0 aliphatic carbocycles. The number of benzene rings is 3. The first-order valence-electron chi connectivity index (χ1n) is 9.99. The monoisotopic (exact) mass is 445 g/mol. The highest BCUT2D eigenvalue weighted by atomic mass is 35.5. The molecule has 0 spiro atoms. The molecule has 4 rings (SSSR count). The maximum Gasteiger partial charge on any atom is 0.253 e. The number of anilines is 1. The van der Waals surface area contributed by atoms with Crippen LogP contribution in [-0.4, -0.2) is 16.8 Å². The van der Waals surface area contributed by atoms with E-state index in [9.17, 15) is 9.59 Å². The van der Waals surface area contributed by atoms with Gasteiger partial charge in [0.05, 0.1) is 29.2 Å². The Bertz CT molecular complexity index is 1190. The first-order valence-corrected chi connectivity index (χ1v) is 10.4. The van der Waals surface area contributed by atoms with Gasteiger partial charge in [0.25, 0.3) is 5.91 Å². The molecule has 3 aromatic carbocycles. The number of aromatic nitrogens is 1. The van der Waals surface area contributed by atoms with Gasteiger partial charge in [-0.3, -0.25) is 9.59 Å². The topological polar surface area (TPSA) is 84.2 Å². The van der Waals surface area contributed by atoms with E-state index >= 15 is 0 Å². The zero-order valence-corrected chi connectivity index (χ0v) is 17.8. The SMILES string of the molecule is O=C(CC(NC(=O)c1ccccc1Cl)c1ccccc1)Nc1ccc(-c2cnco2)cc1. The van der Waals surface area contributed by atoms with Crippen LogP contribution in [0.5, 0.6) is 0 Å². The minimum atomic E-state index is -0.520. The number of nitrogens with zero attached hydrogens (tertiary/aromatic N) is 1. The van der Waals surface area contributed by atoms with Crippen LogP contribution in [0.25, 0.3) is 11.3 Å². The molecular formula is C25H20ClN3O3. The Kier molecular flexibility index (Phi) is 6.63. The number of rotatable bonds is 7. The molecule has 1 unspecified atom stereocenters. The fraction of sp³-hybridized carbons (Fsp3) is 0.0800. The van der Waals surface area contributed by atoms with E-state index in [4.69, 9.17) is 16.0 Å². The van der Waals surface area contributed by atoms with Crippen LogP contribution in [0.1, 0.15) is 28.4 Å². The number of oxazole rings is 1. The molecule has 6 nitrogen and oxygen atoms in total.